The van der Waals surface area contributed by atoms with Crippen LogP contribution in [-0.4, -0.2) is 25.9 Å². The molecule has 0 spiro atoms. The van der Waals surface area contributed by atoms with Gasteiger partial charge in [-0.2, -0.15) is 0 Å². The van der Waals surface area contributed by atoms with Gasteiger partial charge in [0.1, 0.15) is 18.1 Å². The van der Waals surface area contributed by atoms with Crippen molar-refractivity contribution in [2.24, 2.45) is 0 Å². The zero-order valence-electron chi connectivity index (χ0n) is 11.9. The molecule has 0 saturated carbocycles. The fraction of sp³-hybridized carbons (Fsp3) is 0.714. The molecule has 1 rings (SSSR count). The quantitative estimate of drug-likeness (QED) is 0.736. The summed E-state index contributed by atoms with van der Waals surface area (Å²) in [6.07, 6.45) is 0.0903. The van der Waals surface area contributed by atoms with Crippen LogP contribution in [0.25, 0.3) is 0 Å². The Hall–Kier alpha value is -0.840. The molecule has 0 radical (unpaired) electrons. The second kappa shape index (κ2) is 8.29. The lowest BCUT2D eigenvalue weighted by atomic mass is 10.2. The van der Waals surface area contributed by atoms with E-state index < -0.39 is 0 Å². The maximum absolute atomic E-state index is 5.66. The fourth-order valence-corrected chi connectivity index (χ4v) is 1.65. The van der Waals surface area contributed by atoms with Crippen LogP contribution >= 0.6 is 0 Å². The normalized spacial score (nSPS) is 12.9. The number of ether oxygens (including phenoxy) is 2. The minimum Gasteiger partial charge on any atom is -0.464 e. The average Bonchev–Trinajstić information content (AvgIpc) is 2.72. The Labute approximate surface area is 110 Å². The highest BCUT2D eigenvalue weighted by Crippen LogP contribution is 2.16. The van der Waals surface area contributed by atoms with Gasteiger partial charge in [0.05, 0.1) is 12.7 Å². The Balaban J connectivity index is 2.38. The summed E-state index contributed by atoms with van der Waals surface area (Å²) in [5, 5.41) is 3.29. The van der Waals surface area contributed by atoms with Crippen molar-refractivity contribution in [1.29, 1.82) is 0 Å². The van der Waals surface area contributed by atoms with Crippen molar-refractivity contribution < 1.29 is 13.9 Å². The predicted molar refractivity (Wildman–Crippen MR) is 71.6 cm³/mol. The first-order valence-corrected chi connectivity index (χ1v) is 6.65. The highest BCUT2D eigenvalue weighted by Gasteiger charge is 2.09. The summed E-state index contributed by atoms with van der Waals surface area (Å²) in [7, 11) is 0. The van der Waals surface area contributed by atoms with Crippen molar-refractivity contribution in [3.05, 3.63) is 23.2 Å². The minimum atomic E-state index is 0.0903. The van der Waals surface area contributed by atoms with Gasteiger partial charge >= 0.3 is 0 Å². The molecule has 0 aliphatic carbocycles. The zero-order valence-corrected chi connectivity index (χ0v) is 11.9. The van der Waals surface area contributed by atoms with E-state index in [9.17, 15) is 0 Å². The van der Waals surface area contributed by atoms with Gasteiger partial charge in [-0.05, 0) is 33.4 Å². The van der Waals surface area contributed by atoms with Crippen molar-refractivity contribution in [3.8, 4) is 0 Å². The van der Waals surface area contributed by atoms with E-state index in [-0.39, 0.29) is 6.10 Å². The van der Waals surface area contributed by atoms with Gasteiger partial charge < -0.3 is 19.2 Å². The molecule has 0 aliphatic heterocycles. The van der Waals surface area contributed by atoms with E-state index in [1.807, 2.05) is 20.8 Å². The fourth-order valence-electron chi connectivity index (χ4n) is 1.65. The van der Waals surface area contributed by atoms with Crippen LogP contribution in [0.3, 0.4) is 0 Å². The molecule has 104 valence electrons. The Morgan fingerprint density at radius 1 is 1.39 bits per heavy atom. The second-order valence-electron chi connectivity index (χ2n) is 4.36. The van der Waals surface area contributed by atoms with Gasteiger partial charge in [-0.3, -0.25) is 0 Å². The van der Waals surface area contributed by atoms with Crippen LogP contribution in [0.5, 0.6) is 0 Å². The lowest BCUT2D eigenvalue weighted by Crippen LogP contribution is -2.15. The lowest BCUT2D eigenvalue weighted by molar-refractivity contribution is -0.0172. The monoisotopic (exact) mass is 255 g/mol. The Kier molecular flexibility index (Phi) is 7.01. The first-order chi connectivity index (χ1) is 8.67. The van der Waals surface area contributed by atoms with Gasteiger partial charge in [0.15, 0.2) is 0 Å². The van der Waals surface area contributed by atoms with Gasteiger partial charge in [-0.1, -0.05) is 6.92 Å². The molecule has 0 bridgehead atoms. The summed E-state index contributed by atoms with van der Waals surface area (Å²) in [5.41, 5.74) is 1.20. The number of hydrogen-bond donors (Lipinski definition) is 1. The average molecular weight is 255 g/mol. The van der Waals surface area contributed by atoms with Crippen LogP contribution in [-0.2, 0) is 22.6 Å². The maximum Gasteiger partial charge on any atom is 0.130 e. The van der Waals surface area contributed by atoms with Crippen molar-refractivity contribution in [1.82, 2.24) is 5.32 Å². The molecule has 1 heterocycles. The summed E-state index contributed by atoms with van der Waals surface area (Å²) in [5.74, 6) is 1.84. The molecule has 4 heteroatoms. The first-order valence-electron chi connectivity index (χ1n) is 6.65. The van der Waals surface area contributed by atoms with Crippen molar-refractivity contribution in [2.45, 2.75) is 47.0 Å². The largest absolute Gasteiger partial charge is 0.464 e. The van der Waals surface area contributed by atoms with Crippen LogP contribution in [0.1, 0.15) is 37.9 Å². The lowest BCUT2D eigenvalue weighted by Gasteiger charge is -2.11. The SMILES string of the molecule is CCNCc1cc(COC(C)COCC)oc1C. The number of rotatable bonds is 9. The Morgan fingerprint density at radius 3 is 2.83 bits per heavy atom. The van der Waals surface area contributed by atoms with E-state index in [0.29, 0.717) is 13.2 Å². The molecule has 0 aliphatic rings. The van der Waals surface area contributed by atoms with Crippen LogP contribution in [0, 0.1) is 6.92 Å². The third kappa shape index (κ3) is 5.21. The van der Waals surface area contributed by atoms with Gasteiger partial charge in [0.2, 0.25) is 0 Å². The summed E-state index contributed by atoms with van der Waals surface area (Å²) in [4.78, 5) is 0. The third-order valence-corrected chi connectivity index (χ3v) is 2.70. The molecule has 0 saturated heterocycles. The van der Waals surface area contributed by atoms with Crippen molar-refractivity contribution in [3.63, 3.8) is 0 Å². The van der Waals surface area contributed by atoms with E-state index in [1.165, 1.54) is 5.56 Å². The molecule has 1 N–H and O–H groups in total. The molecule has 0 fully saturated rings. The molecular formula is C14H25NO3. The summed E-state index contributed by atoms with van der Waals surface area (Å²) in [6.45, 7) is 11.7. The van der Waals surface area contributed by atoms with Gasteiger partial charge in [-0.15, -0.1) is 0 Å². The van der Waals surface area contributed by atoms with E-state index in [4.69, 9.17) is 13.9 Å². The summed E-state index contributed by atoms with van der Waals surface area (Å²) in [6, 6.07) is 2.06. The van der Waals surface area contributed by atoms with Crippen LogP contribution in [0.15, 0.2) is 10.5 Å². The predicted octanol–water partition coefficient (Wildman–Crippen LogP) is 2.64. The van der Waals surface area contributed by atoms with Crippen LogP contribution < -0.4 is 5.32 Å². The molecule has 1 unspecified atom stereocenters. The van der Waals surface area contributed by atoms with Gasteiger partial charge in [-0.25, -0.2) is 0 Å². The van der Waals surface area contributed by atoms with Gasteiger partial charge in [0.25, 0.3) is 0 Å². The van der Waals surface area contributed by atoms with Gasteiger partial charge in [0, 0.05) is 18.7 Å². The number of hydrogen-bond acceptors (Lipinski definition) is 4. The molecule has 0 amide bonds. The summed E-state index contributed by atoms with van der Waals surface area (Å²) < 4.78 is 16.6. The number of furan rings is 1. The van der Waals surface area contributed by atoms with E-state index in [1.54, 1.807) is 0 Å². The molecule has 1 atom stereocenters. The smallest absolute Gasteiger partial charge is 0.130 e. The summed E-state index contributed by atoms with van der Waals surface area (Å²) >= 11 is 0. The zero-order chi connectivity index (χ0) is 13.4. The molecule has 1 aromatic rings. The van der Waals surface area contributed by atoms with E-state index in [0.717, 1.165) is 31.2 Å². The Morgan fingerprint density at radius 2 is 2.17 bits per heavy atom. The van der Waals surface area contributed by atoms with Crippen molar-refractivity contribution >= 4 is 0 Å². The minimum absolute atomic E-state index is 0.0903. The molecule has 4 nitrogen and oxygen atoms in total. The molecule has 0 aromatic carbocycles. The number of aryl methyl sites for hydroxylation is 1. The number of nitrogens with one attached hydrogen (secondary N) is 1. The maximum atomic E-state index is 5.66. The third-order valence-electron chi connectivity index (χ3n) is 2.70. The molecule has 1 aromatic heterocycles. The Bertz CT molecular complexity index is 336. The molecular weight excluding hydrogens is 230 g/mol. The van der Waals surface area contributed by atoms with E-state index >= 15 is 0 Å². The van der Waals surface area contributed by atoms with Crippen molar-refractivity contribution in [2.75, 3.05) is 19.8 Å². The highest BCUT2D eigenvalue weighted by atomic mass is 16.5. The topological polar surface area (TPSA) is 43.6 Å². The molecule has 18 heavy (non-hydrogen) atoms. The van der Waals surface area contributed by atoms with Crippen LogP contribution in [0.4, 0.5) is 0 Å². The van der Waals surface area contributed by atoms with E-state index in [2.05, 4.69) is 18.3 Å². The standard InChI is InChI=1S/C14H25NO3/c1-5-15-8-13-7-14(18-12(13)4)10-17-11(3)9-16-6-2/h7,11,15H,5-6,8-10H2,1-4H3. The second-order valence-corrected chi connectivity index (χ2v) is 4.36. The highest BCUT2D eigenvalue weighted by molar-refractivity contribution is 5.20. The van der Waals surface area contributed by atoms with Crippen LogP contribution in [0.2, 0.25) is 0 Å². The first kappa shape index (κ1) is 15.2.